The summed E-state index contributed by atoms with van der Waals surface area (Å²) in [6.45, 7) is 1.48. The molecule has 1 aliphatic heterocycles. The molecule has 0 bridgehead atoms. The highest BCUT2D eigenvalue weighted by Gasteiger charge is 2.14. The van der Waals surface area contributed by atoms with Crippen molar-refractivity contribution < 1.29 is 4.74 Å². The van der Waals surface area contributed by atoms with E-state index >= 15 is 0 Å². The van der Waals surface area contributed by atoms with Crippen LogP contribution in [0.1, 0.15) is 29.2 Å². The number of ether oxygens (including phenoxy) is 1. The van der Waals surface area contributed by atoms with Crippen LogP contribution < -0.4 is 5.32 Å². The maximum Gasteiger partial charge on any atom is 0.0725 e. The Morgan fingerprint density at radius 2 is 2.27 bits per heavy atom. The molecule has 0 aliphatic carbocycles. The van der Waals surface area contributed by atoms with Crippen molar-refractivity contribution in [3.8, 4) is 12.3 Å². The van der Waals surface area contributed by atoms with Gasteiger partial charge in [-0.25, -0.2) is 0 Å². The summed E-state index contributed by atoms with van der Waals surface area (Å²) >= 11 is 0. The monoisotopic (exact) mass is 201 g/mol. The maximum atomic E-state index is 5.38. The first kappa shape index (κ1) is 10.2. The van der Waals surface area contributed by atoms with Gasteiger partial charge in [-0.1, -0.05) is 18.2 Å². The van der Waals surface area contributed by atoms with E-state index in [9.17, 15) is 0 Å². The predicted molar refractivity (Wildman–Crippen MR) is 60.2 cm³/mol. The number of terminal acetylenes is 1. The Bertz CT molecular complexity index is 392. The van der Waals surface area contributed by atoms with Crippen molar-refractivity contribution in [2.45, 2.75) is 25.7 Å². The second-order valence-electron chi connectivity index (χ2n) is 3.77. The van der Waals surface area contributed by atoms with Crippen LogP contribution in [0.4, 0.5) is 0 Å². The van der Waals surface area contributed by atoms with Gasteiger partial charge >= 0.3 is 0 Å². The van der Waals surface area contributed by atoms with Gasteiger partial charge in [-0.2, -0.15) is 0 Å². The van der Waals surface area contributed by atoms with Gasteiger partial charge in [0.1, 0.15) is 0 Å². The summed E-state index contributed by atoms with van der Waals surface area (Å²) in [7, 11) is 1.94. The molecule has 1 aliphatic rings. The topological polar surface area (TPSA) is 21.3 Å². The molecule has 1 atom stereocenters. The van der Waals surface area contributed by atoms with Crippen molar-refractivity contribution in [3.05, 3.63) is 34.9 Å². The minimum atomic E-state index is 0.251. The zero-order valence-electron chi connectivity index (χ0n) is 8.92. The molecule has 0 fully saturated rings. The first-order valence-corrected chi connectivity index (χ1v) is 5.15. The highest BCUT2D eigenvalue weighted by molar-refractivity contribution is 5.35. The molecule has 0 spiro atoms. The summed E-state index contributed by atoms with van der Waals surface area (Å²) in [4.78, 5) is 0. The van der Waals surface area contributed by atoms with Crippen molar-refractivity contribution in [2.24, 2.45) is 0 Å². The van der Waals surface area contributed by atoms with E-state index in [0.29, 0.717) is 0 Å². The number of fused-ring (bicyclic) bond motifs is 1. The van der Waals surface area contributed by atoms with Crippen LogP contribution in [-0.4, -0.2) is 7.05 Å². The van der Waals surface area contributed by atoms with Gasteiger partial charge in [0.05, 0.1) is 13.2 Å². The first-order valence-electron chi connectivity index (χ1n) is 5.15. The molecule has 2 nitrogen and oxygen atoms in total. The SMILES string of the molecule is C#CCC(NC)c1ccc2c(c1)COC2. The van der Waals surface area contributed by atoms with Gasteiger partial charge in [0.15, 0.2) is 0 Å². The van der Waals surface area contributed by atoms with Gasteiger partial charge in [-0.15, -0.1) is 12.3 Å². The van der Waals surface area contributed by atoms with E-state index in [1.807, 2.05) is 7.05 Å². The fourth-order valence-electron chi connectivity index (χ4n) is 1.91. The van der Waals surface area contributed by atoms with Crippen molar-refractivity contribution >= 4 is 0 Å². The molecule has 1 heterocycles. The average Bonchev–Trinajstić information content (AvgIpc) is 2.72. The number of nitrogens with one attached hydrogen (secondary N) is 1. The molecule has 1 aromatic rings. The smallest absolute Gasteiger partial charge is 0.0725 e. The van der Waals surface area contributed by atoms with Crippen LogP contribution in [0.5, 0.6) is 0 Å². The molecule has 15 heavy (non-hydrogen) atoms. The lowest BCUT2D eigenvalue weighted by Gasteiger charge is -2.14. The molecule has 0 saturated carbocycles. The molecular formula is C13H15NO. The standard InChI is InChI=1S/C13H15NO/c1-3-4-13(14-2)10-5-6-11-8-15-9-12(11)7-10/h1,5-7,13-14H,4,8-9H2,2H3. The minimum absolute atomic E-state index is 0.251. The lowest BCUT2D eigenvalue weighted by molar-refractivity contribution is 0.134. The summed E-state index contributed by atoms with van der Waals surface area (Å²) in [6.07, 6.45) is 6.06. The number of benzene rings is 1. The fourth-order valence-corrected chi connectivity index (χ4v) is 1.91. The van der Waals surface area contributed by atoms with E-state index in [-0.39, 0.29) is 6.04 Å². The molecule has 0 aromatic heterocycles. The van der Waals surface area contributed by atoms with E-state index in [1.54, 1.807) is 0 Å². The molecule has 1 unspecified atom stereocenters. The Morgan fingerprint density at radius 1 is 1.47 bits per heavy atom. The number of rotatable bonds is 3. The van der Waals surface area contributed by atoms with E-state index in [2.05, 4.69) is 29.4 Å². The van der Waals surface area contributed by atoms with Crippen LogP contribution >= 0.6 is 0 Å². The largest absolute Gasteiger partial charge is 0.372 e. The van der Waals surface area contributed by atoms with Crippen molar-refractivity contribution in [2.75, 3.05) is 7.05 Å². The van der Waals surface area contributed by atoms with Crippen LogP contribution in [0.15, 0.2) is 18.2 Å². The van der Waals surface area contributed by atoms with E-state index < -0.39 is 0 Å². The van der Waals surface area contributed by atoms with Gasteiger partial charge in [0.2, 0.25) is 0 Å². The van der Waals surface area contributed by atoms with Crippen LogP contribution in [-0.2, 0) is 18.0 Å². The quantitative estimate of drug-likeness (QED) is 0.755. The van der Waals surface area contributed by atoms with Gasteiger partial charge in [-0.05, 0) is 23.7 Å². The third-order valence-corrected chi connectivity index (χ3v) is 2.82. The summed E-state index contributed by atoms with van der Waals surface area (Å²) in [5.41, 5.74) is 3.85. The maximum absolute atomic E-state index is 5.38. The summed E-state index contributed by atoms with van der Waals surface area (Å²) in [5.74, 6) is 2.69. The summed E-state index contributed by atoms with van der Waals surface area (Å²) < 4.78 is 5.38. The fraction of sp³-hybridized carbons (Fsp3) is 0.385. The lowest BCUT2D eigenvalue weighted by atomic mass is 9.99. The minimum Gasteiger partial charge on any atom is -0.372 e. The Hall–Kier alpha value is -1.30. The van der Waals surface area contributed by atoms with Crippen molar-refractivity contribution in [1.82, 2.24) is 5.32 Å². The van der Waals surface area contributed by atoms with Gasteiger partial charge in [0, 0.05) is 12.5 Å². The Kier molecular flexibility index (Phi) is 3.05. The Labute approximate surface area is 90.6 Å². The molecule has 0 saturated heterocycles. The molecule has 2 heteroatoms. The van der Waals surface area contributed by atoms with Gasteiger partial charge in [-0.3, -0.25) is 0 Å². The van der Waals surface area contributed by atoms with E-state index in [1.165, 1.54) is 16.7 Å². The van der Waals surface area contributed by atoms with Crippen LogP contribution in [0.2, 0.25) is 0 Å². The summed E-state index contributed by atoms with van der Waals surface area (Å²) in [6, 6.07) is 6.71. The molecule has 0 amide bonds. The molecule has 78 valence electrons. The second kappa shape index (κ2) is 4.48. The lowest BCUT2D eigenvalue weighted by Crippen LogP contribution is -2.15. The molecule has 0 radical (unpaired) electrons. The predicted octanol–water partition coefficient (Wildman–Crippen LogP) is 2.00. The average molecular weight is 201 g/mol. The highest BCUT2D eigenvalue weighted by Crippen LogP contribution is 2.24. The third kappa shape index (κ3) is 2.04. The van der Waals surface area contributed by atoms with Crippen LogP contribution in [0, 0.1) is 12.3 Å². The van der Waals surface area contributed by atoms with Crippen LogP contribution in [0.3, 0.4) is 0 Å². The number of hydrogen-bond acceptors (Lipinski definition) is 2. The highest BCUT2D eigenvalue weighted by atomic mass is 16.5. The normalized spacial score (nSPS) is 15.7. The Morgan fingerprint density at radius 3 is 3.00 bits per heavy atom. The van der Waals surface area contributed by atoms with E-state index in [0.717, 1.165) is 19.6 Å². The first-order chi connectivity index (χ1) is 7.35. The molecular weight excluding hydrogens is 186 g/mol. The molecule has 1 N–H and O–H groups in total. The second-order valence-corrected chi connectivity index (χ2v) is 3.77. The van der Waals surface area contributed by atoms with Crippen molar-refractivity contribution in [1.29, 1.82) is 0 Å². The third-order valence-electron chi connectivity index (χ3n) is 2.82. The summed E-state index contributed by atoms with van der Waals surface area (Å²) in [5, 5.41) is 3.23. The van der Waals surface area contributed by atoms with Crippen molar-refractivity contribution in [3.63, 3.8) is 0 Å². The zero-order valence-corrected chi connectivity index (χ0v) is 8.92. The van der Waals surface area contributed by atoms with Crippen LogP contribution in [0.25, 0.3) is 0 Å². The number of hydrogen-bond donors (Lipinski definition) is 1. The van der Waals surface area contributed by atoms with E-state index in [4.69, 9.17) is 11.2 Å². The molecule has 1 aromatic carbocycles. The zero-order chi connectivity index (χ0) is 10.7. The molecule has 2 rings (SSSR count). The Balaban J connectivity index is 2.25. The van der Waals surface area contributed by atoms with Gasteiger partial charge in [0.25, 0.3) is 0 Å². The van der Waals surface area contributed by atoms with Gasteiger partial charge < -0.3 is 10.1 Å².